The van der Waals surface area contributed by atoms with E-state index in [1.807, 2.05) is 44.2 Å². The number of methoxy groups -OCH3 is 1. The van der Waals surface area contributed by atoms with Gasteiger partial charge < -0.3 is 30.1 Å². The standard InChI is InChI=1S/C30H34N6O3/c1-4-34(5-2)29(37)25-20-24(33-30(38)32-23-10-8-9-22(19-23)21-31)13-14-26(25)35-15-17-36(18-16-35)27-11-6-7-12-28(27)39-3/h6-14,19-20H,4-5,15-18H2,1-3H3,(H2,32,33,38). The van der Waals surface area contributed by atoms with E-state index in [0.29, 0.717) is 35.6 Å². The van der Waals surface area contributed by atoms with E-state index >= 15 is 0 Å². The molecule has 1 heterocycles. The second kappa shape index (κ2) is 12.7. The first-order chi connectivity index (χ1) is 19.0. The van der Waals surface area contributed by atoms with Crippen LogP contribution in [0.4, 0.5) is 27.5 Å². The Balaban J connectivity index is 1.54. The van der Waals surface area contributed by atoms with Crippen LogP contribution in [0.25, 0.3) is 0 Å². The molecule has 0 aliphatic carbocycles. The van der Waals surface area contributed by atoms with Crippen LogP contribution in [0.3, 0.4) is 0 Å². The number of amides is 3. The molecule has 0 spiro atoms. The fourth-order valence-corrected chi connectivity index (χ4v) is 4.78. The van der Waals surface area contributed by atoms with Crippen LogP contribution in [-0.4, -0.2) is 63.2 Å². The molecule has 2 N–H and O–H groups in total. The molecule has 39 heavy (non-hydrogen) atoms. The third-order valence-corrected chi connectivity index (χ3v) is 6.83. The quantitative estimate of drug-likeness (QED) is 0.428. The molecule has 0 atom stereocenters. The lowest BCUT2D eigenvalue weighted by atomic mass is 10.1. The molecule has 1 saturated heterocycles. The van der Waals surface area contributed by atoms with Crippen LogP contribution in [-0.2, 0) is 0 Å². The Morgan fingerprint density at radius 2 is 1.51 bits per heavy atom. The van der Waals surface area contributed by atoms with E-state index in [9.17, 15) is 9.59 Å². The Labute approximate surface area is 229 Å². The zero-order chi connectivity index (χ0) is 27.8. The predicted octanol–water partition coefficient (Wildman–Crippen LogP) is 5.02. The van der Waals surface area contributed by atoms with Crippen LogP contribution in [0.15, 0.2) is 66.7 Å². The number of carbonyl (C=O) groups is 2. The van der Waals surface area contributed by atoms with Crippen molar-refractivity contribution in [2.75, 3.05) is 66.8 Å². The molecule has 3 aromatic carbocycles. The second-order valence-electron chi connectivity index (χ2n) is 9.13. The number of nitriles is 1. The van der Waals surface area contributed by atoms with Crippen molar-refractivity contribution in [3.05, 3.63) is 77.9 Å². The zero-order valence-corrected chi connectivity index (χ0v) is 22.6. The Hall–Kier alpha value is -4.71. The summed E-state index contributed by atoms with van der Waals surface area (Å²) in [6, 6.07) is 21.7. The van der Waals surface area contributed by atoms with Crippen LogP contribution in [0.1, 0.15) is 29.8 Å². The van der Waals surface area contributed by atoms with E-state index in [-0.39, 0.29) is 5.91 Å². The van der Waals surface area contributed by atoms with Gasteiger partial charge in [0.05, 0.1) is 30.0 Å². The summed E-state index contributed by atoms with van der Waals surface area (Å²) in [5.41, 5.74) is 3.93. The third kappa shape index (κ3) is 6.41. The van der Waals surface area contributed by atoms with Gasteiger partial charge in [-0.3, -0.25) is 4.79 Å². The number of rotatable bonds is 8. The molecular formula is C30H34N6O3. The molecule has 1 aliphatic heterocycles. The van der Waals surface area contributed by atoms with Gasteiger partial charge in [0.15, 0.2) is 0 Å². The molecule has 3 amide bonds. The lowest BCUT2D eigenvalue weighted by Crippen LogP contribution is -2.47. The maximum atomic E-state index is 13.6. The highest BCUT2D eigenvalue weighted by Crippen LogP contribution is 2.31. The number of anilines is 4. The monoisotopic (exact) mass is 526 g/mol. The number of para-hydroxylation sites is 2. The Morgan fingerprint density at radius 3 is 2.15 bits per heavy atom. The highest BCUT2D eigenvalue weighted by atomic mass is 16.5. The molecule has 1 aliphatic rings. The van der Waals surface area contributed by atoms with Crippen molar-refractivity contribution in [3.63, 3.8) is 0 Å². The first-order valence-electron chi connectivity index (χ1n) is 13.1. The van der Waals surface area contributed by atoms with Crippen molar-refractivity contribution in [3.8, 4) is 11.8 Å². The number of nitrogens with zero attached hydrogens (tertiary/aromatic N) is 4. The summed E-state index contributed by atoms with van der Waals surface area (Å²) in [6.45, 7) is 8.12. The maximum absolute atomic E-state index is 13.6. The largest absolute Gasteiger partial charge is 0.495 e. The lowest BCUT2D eigenvalue weighted by Gasteiger charge is -2.38. The van der Waals surface area contributed by atoms with Crippen molar-refractivity contribution < 1.29 is 14.3 Å². The number of piperazine rings is 1. The molecule has 0 radical (unpaired) electrons. The van der Waals surface area contributed by atoms with Crippen LogP contribution >= 0.6 is 0 Å². The van der Waals surface area contributed by atoms with Gasteiger partial charge in [0.1, 0.15) is 5.75 Å². The van der Waals surface area contributed by atoms with Crippen LogP contribution in [0.2, 0.25) is 0 Å². The van der Waals surface area contributed by atoms with Gasteiger partial charge >= 0.3 is 6.03 Å². The minimum Gasteiger partial charge on any atom is -0.495 e. The van der Waals surface area contributed by atoms with Crippen molar-refractivity contribution >= 4 is 34.7 Å². The van der Waals surface area contributed by atoms with E-state index < -0.39 is 6.03 Å². The number of ether oxygens (including phenoxy) is 1. The van der Waals surface area contributed by atoms with Gasteiger partial charge in [-0.2, -0.15) is 5.26 Å². The van der Waals surface area contributed by atoms with Crippen LogP contribution in [0.5, 0.6) is 5.75 Å². The van der Waals surface area contributed by atoms with E-state index in [1.54, 1.807) is 42.3 Å². The smallest absolute Gasteiger partial charge is 0.323 e. The Bertz CT molecular complexity index is 1360. The summed E-state index contributed by atoms with van der Waals surface area (Å²) in [5, 5.41) is 14.7. The van der Waals surface area contributed by atoms with Gasteiger partial charge in [0.25, 0.3) is 5.91 Å². The van der Waals surface area contributed by atoms with E-state index in [2.05, 4.69) is 32.6 Å². The fourth-order valence-electron chi connectivity index (χ4n) is 4.78. The summed E-state index contributed by atoms with van der Waals surface area (Å²) >= 11 is 0. The van der Waals surface area contributed by atoms with Crippen molar-refractivity contribution in [2.45, 2.75) is 13.8 Å². The number of nitrogens with one attached hydrogen (secondary N) is 2. The number of hydrogen-bond donors (Lipinski definition) is 2. The molecule has 0 saturated carbocycles. The first-order valence-corrected chi connectivity index (χ1v) is 13.1. The Kier molecular flexibility index (Phi) is 8.90. The summed E-state index contributed by atoms with van der Waals surface area (Å²) in [6.07, 6.45) is 0. The first kappa shape index (κ1) is 27.3. The normalized spacial score (nSPS) is 12.9. The van der Waals surface area contributed by atoms with E-state index in [4.69, 9.17) is 10.00 Å². The topological polar surface area (TPSA) is 101 Å². The molecule has 9 heteroatoms. The van der Waals surface area contributed by atoms with Gasteiger partial charge in [-0.15, -0.1) is 0 Å². The SMILES string of the molecule is CCN(CC)C(=O)c1cc(NC(=O)Nc2cccc(C#N)c2)ccc1N1CCN(c2ccccc2OC)CC1. The highest BCUT2D eigenvalue weighted by Gasteiger charge is 2.25. The minimum absolute atomic E-state index is 0.0760. The number of benzene rings is 3. The molecule has 202 valence electrons. The van der Waals surface area contributed by atoms with Crippen LogP contribution in [0, 0.1) is 11.3 Å². The predicted molar refractivity (Wildman–Crippen MR) is 155 cm³/mol. The van der Waals surface area contributed by atoms with Gasteiger partial charge in [0, 0.05) is 56.3 Å². The highest BCUT2D eigenvalue weighted by molar-refractivity contribution is 6.04. The molecule has 3 aromatic rings. The number of urea groups is 1. The van der Waals surface area contributed by atoms with Crippen molar-refractivity contribution in [1.29, 1.82) is 5.26 Å². The molecular weight excluding hydrogens is 492 g/mol. The molecule has 4 rings (SSSR count). The third-order valence-electron chi connectivity index (χ3n) is 6.83. The second-order valence-corrected chi connectivity index (χ2v) is 9.13. The van der Waals surface area contributed by atoms with Crippen molar-refractivity contribution in [1.82, 2.24) is 4.90 Å². The molecule has 9 nitrogen and oxygen atoms in total. The van der Waals surface area contributed by atoms with Crippen molar-refractivity contribution in [2.24, 2.45) is 0 Å². The van der Waals surface area contributed by atoms with Gasteiger partial charge in [-0.25, -0.2) is 4.79 Å². The van der Waals surface area contributed by atoms with E-state index in [1.165, 1.54) is 0 Å². The Morgan fingerprint density at radius 1 is 0.872 bits per heavy atom. The summed E-state index contributed by atoms with van der Waals surface area (Å²) < 4.78 is 5.55. The average Bonchev–Trinajstić information content (AvgIpc) is 2.97. The molecule has 0 aromatic heterocycles. The van der Waals surface area contributed by atoms with Gasteiger partial charge in [0.2, 0.25) is 0 Å². The lowest BCUT2D eigenvalue weighted by molar-refractivity contribution is 0.0773. The summed E-state index contributed by atoms with van der Waals surface area (Å²) in [4.78, 5) is 32.5. The molecule has 1 fully saturated rings. The average molecular weight is 527 g/mol. The van der Waals surface area contributed by atoms with Gasteiger partial charge in [-0.05, 0) is 62.4 Å². The fraction of sp³-hybridized carbons (Fsp3) is 0.300. The number of carbonyl (C=O) groups excluding carboxylic acids is 2. The zero-order valence-electron chi connectivity index (χ0n) is 22.6. The van der Waals surface area contributed by atoms with Crippen LogP contribution < -0.4 is 25.2 Å². The summed E-state index contributed by atoms with van der Waals surface area (Å²) in [7, 11) is 1.68. The van der Waals surface area contributed by atoms with E-state index in [0.717, 1.165) is 43.3 Å². The number of hydrogen-bond acceptors (Lipinski definition) is 6. The maximum Gasteiger partial charge on any atom is 0.323 e. The molecule has 0 unspecified atom stereocenters. The minimum atomic E-state index is -0.454. The summed E-state index contributed by atoms with van der Waals surface area (Å²) in [5.74, 6) is 0.768. The molecule has 0 bridgehead atoms. The van der Waals surface area contributed by atoms with Gasteiger partial charge in [-0.1, -0.05) is 18.2 Å².